The van der Waals surface area contributed by atoms with Crippen molar-refractivity contribution in [2.45, 2.75) is 13.0 Å². The zero-order chi connectivity index (χ0) is 18.7. The first kappa shape index (κ1) is 18.5. The molecule has 4 nitrogen and oxygen atoms in total. The minimum absolute atomic E-state index is 0.124. The van der Waals surface area contributed by atoms with Gasteiger partial charge in [0.15, 0.2) is 0 Å². The van der Waals surface area contributed by atoms with E-state index in [4.69, 9.17) is 16.3 Å². The monoisotopic (exact) mass is 369 g/mol. The van der Waals surface area contributed by atoms with Crippen LogP contribution in [0.25, 0.3) is 10.9 Å². The molecule has 0 spiro atoms. The second-order valence-electron chi connectivity index (χ2n) is 6.68. The van der Waals surface area contributed by atoms with Crippen molar-refractivity contribution in [1.82, 2.24) is 9.88 Å². The summed E-state index contributed by atoms with van der Waals surface area (Å²) in [4.78, 5) is 6.84. The Morgan fingerprint density at radius 2 is 1.88 bits per heavy atom. The first-order valence-electron chi connectivity index (χ1n) is 8.59. The normalized spacial score (nSPS) is 12.4. The van der Waals surface area contributed by atoms with E-state index in [9.17, 15) is 0 Å². The molecule has 0 aliphatic rings. The zero-order valence-corrected chi connectivity index (χ0v) is 16.3. The molecule has 1 atom stereocenters. The van der Waals surface area contributed by atoms with Crippen LogP contribution in [-0.4, -0.2) is 37.6 Å². The van der Waals surface area contributed by atoms with Crippen molar-refractivity contribution in [2.75, 3.05) is 33.1 Å². The predicted octanol–water partition coefficient (Wildman–Crippen LogP) is 4.92. The Hall–Kier alpha value is -2.30. The maximum Gasteiger partial charge on any atom is 0.145 e. The molecule has 1 N–H and O–H groups in total. The van der Waals surface area contributed by atoms with Gasteiger partial charge in [0, 0.05) is 28.3 Å². The standard InChI is InChI=1S/C21H24ClN3O/c1-14-12-18(17-6-5-7-20(26-4)21(17)23-14)24-19(13-25(2)3)15-8-10-16(22)11-9-15/h5-12,19H,13H2,1-4H3,(H,23,24). The number of para-hydroxylation sites is 1. The number of aryl methyl sites for hydroxylation is 1. The predicted molar refractivity (Wildman–Crippen MR) is 109 cm³/mol. The molecular formula is C21H24ClN3O. The van der Waals surface area contributed by atoms with Crippen molar-refractivity contribution in [2.24, 2.45) is 0 Å². The Bertz CT molecular complexity index is 894. The lowest BCUT2D eigenvalue weighted by molar-refractivity contribution is 0.387. The van der Waals surface area contributed by atoms with Crippen LogP contribution in [-0.2, 0) is 0 Å². The largest absolute Gasteiger partial charge is 0.494 e. The number of rotatable bonds is 6. The highest BCUT2D eigenvalue weighted by Gasteiger charge is 2.16. The van der Waals surface area contributed by atoms with Gasteiger partial charge in [0.25, 0.3) is 0 Å². The summed E-state index contributed by atoms with van der Waals surface area (Å²) in [5.74, 6) is 0.782. The highest BCUT2D eigenvalue weighted by Crippen LogP contribution is 2.32. The fourth-order valence-electron chi connectivity index (χ4n) is 3.12. The van der Waals surface area contributed by atoms with Gasteiger partial charge in [-0.25, -0.2) is 4.98 Å². The molecule has 3 aromatic rings. The van der Waals surface area contributed by atoms with Crippen molar-refractivity contribution in [3.63, 3.8) is 0 Å². The van der Waals surface area contributed by atoms with Crippen LogP contribution in [0, 0.1) is 6.92 Å². The average molecular weight is 370 g/mol. The Morgan fingerprint density at radius 1 is 1.15 bits per heavy atom. The van der Waals surface area contributed by atoms with Crippen LogP contribution in [0.15, 0.2) is 48.5 Å². The minimum atomic E-state index is 0.124. The number of nitrogens with zero attached hydrogens (tertiary/aromatic N) is 2. The summed E-state index contributed by atoms with van der Waals surface area (Å²) in [5, 5.41) is 5.49. The Morgan fingerprint density at radius 3 is 2.54 bits per heavy atom. The quantitative estimate of drug-likeness (QED) is 0.669. The molecule has 0 aliphatic heterocycles. The molecule has 26 heavy (non-hydrogen) atoms. The zero-order valence-electron chi connectivity index (χ0n) is 15.6. The molecule has 0 saturated heterocycles. The van der Waals surface area contributed by atoms with Gasteiger partial charge in [0.05, 0.1) is 13.2 Å². The summed E-state index contributed by atoms with van der Waals surface area (Å²) in [6.07, 6.45) is 0. The molecule has 136 valence electrons. The van der Waals surface area contributed by atoms with Gasteiger partial charge in [-0.1, -0.05) is 35.9 Å². The fourth-order valence-corrected chi connectivity index (χ4v) is 3.24. The molecule has 0 aliphatic carbocycles. The third-order valence-corrected chi connectivity index (χ3v) is 4.55. The molecule has 1 unspecified atom stereocenters. The minimum Gasteiger partial charge on any atom is -0.494 e. The van der Waals surface area contributed by atoms with Gasteiger partial charge < -0.3 is 15.0 Å². The maximum atomic E-state index is 6.06. The van der Waals surface area contributed by atoms with Crippen LogP contribution < -0.4 is 10.1 Å². The van der Waals surface area contributed by atoms with E-state index < -0.39 is 0 Å². The smallest absolute Gasteiger partial charge is 0.145 e. The van der Waals surface area contributed by atoms with Crippen LogP contribution in [0.3, 0.4) is 0 Å². The van der Waals surface area contributed by atoms with Crippen molar-refractivity contribution >= 4 is 28.2 Å². The topological polar surface area (TPSA) is 37.4 Å². The number of benzene rings is 2. The van der Waals surface area contributed by atoms with Gasteiger partial charge in [-0.2, -0.15) is 0 Å². The van der Waals surface area contributed by atoms with Gasteiger partial charge in [-0.3, -0.25) is 0 Å². The van der Waals surface area contributed by atoms with E-state index in [-0.39, 0.29) is 6.04 Å². The Labute approximate surface area is 159 Å². The summed E-state index contributed by atoms with van der Waals surface area (Å²) in [6, 6.07) is 16.2. The van der Waals surface area contributed by atoms with E-state index in [0.717, 1.165) is 39.6 Å². The maximum absolute atomic E-state index is 6.06. The van der Waals surface area contributed by atoms with Crippen LogP contribution in [0.4, 0.5) is 5.69 Å². The Kier molecular flexibility index (Phi) is 5.64. The molecular weight excluding hydrogens is 346 g/mol. The highest BCUT2D eigenvalue weighted by atomic mass is 35.5. The van der Waals surface area contributed by atoms with Crippen LogP contribution in [0.2, 0.25) is 5.02 Å². The summed E-state index contributed by atoms with van der Waals surface area (Å²) in [5.41, 5.74) is 4.06. The summed E-state index contributed by atoms with van der Waals surface area (Å²) in [6.45, 7) is 2.86. The number of methoxy groups -OCH3 is 1. The van der Waals surface area contributed by atoms with Gasteiger partial charge >= 0.3 is 0 Å². The van der Waals surface area contributed by atoms with E-state index in [1.165, 1.54) is 5.56 Å². The highest BCUT2D eigenvalue weighted by molar-refractivity contribution is 6.30. The molecule has 5 heteroatoms. The SMILES string of the molecule is COc1cccc2c(NC(CN(C)C)c3ccc(Cl)cc3)cc(C)nc12. The number of hydrogen-bond acceptors (Lipinski definition) is 4. The molecule has 1 heterocycles. The second-order valence-corrected chi connectivity index (χ2v) is 7.11. The number of aromatic nitrogens is 1. The number of ether oxygens (including phenoxy) is 1. The molecule has 3 rings (SSSR count). The lowest BCUT2D eigenvalue weighted by atomic mass is 10.0. The summed E-state index contributed by atoms with van der Waals surface area (Å²) in [7, 11) is 5.82. The molecule has 0 bridgehead atoms. The van der Waals surface area contributed by atoms with Gasteiger partial charge in [-0.05, 0) is 50.8 Å². The molecule has 0 saturated carbocycles. The van der Waals surface area contributed by atoms with Crippen LogP contribution in [0.1, 0.15) is 17.3 Å². The van der Waals surface area contributed by atoms with Gasteiger partial charge in [0.2, 0.25) is 0 Å². The second kappa shape index (κ2) is 7.94. The number of likely N-dealkylation sites (N-methyl/N-ethyl adjacent to an activating group) is 1. The molecule has 1 aromatic heterocycles. The van der Waals surface area contributed by atoms with E-state index in [0.29, 0.717) is 0 Å². The van der Waals surface area contributed by atoms with E-state index >= 15 is 0 Å². The van der Waals surface area contributed by atoms with Crippen molar-refractivity contribution in [1.29, 1.82) is 0 Å². The number of nitrogens with one attached hydrogen (secondary N) is 1. The number of anilines is 1. The van der Waals surface area contributed by atoms with E-state index in [2.05, 4.69) is 53.6 Å². The summed E-state index contributed by atoms with van der Waals surface area (Å²) >= 11 is 6.06. The number of hydrogen-bond donors (Lipinski definition) is 1. The van der Waals surface area contributed by atoms with Gasteiger partial charge in [-0.15, -0.1) is 0 Å². The summed E-state index contributed by atoms with van der Waals surface area (Å²) < 4.78 is 5.49. The first-order valence-corrected chi connectivity index (χ1v) is 8.97. The third-order valence-electron chi connectivity index (χ3n) is 4.30. The average Bonchev–Trinajstić information content (AvgIpc) is 2.61. The first-order chi connectivity index (χ1) is 12.5. The third kappa shape index (κ3) is 4.09. The lowest BCUT2D eigenvalue weighted by Crippen LogP contribution is -2.25. The van der Waals surface area contributed by atoms with Crippen LogP contribution >= 0.6 is 11.6 Å². The van der Waals surface area contributed by atoms with Gasteiger partial charge in [0.1, 0.15) is 11.3 Å². The fraction of sp³-hybridized carbons (Fsp3) is 0.286. The number of halogens is 1. The van der Waals surface area contributed by atoms with Crippen LogP contribution in [0.5, 0.6) is 5.75 Å². The van der Waals surface area contributed by atoms with Crippen molar-refractivity contribution in [3.05, 3.63) is 64.8 Å². The molecule has 0 radical (unpaired) electrons. The molecule has 0 fully saturated rings. The van der Waals surface area contributed by atoms with E-state index in [1.807, 2.05) is 31.2 Å². The van der Waals surface area contributed by atoms with Crippen molar-refractivity contribution < 1.29 is 4.74 Å². The number of pyridine rings is 1. The lowest BCUT2D eigenvalue weighted by Gasteiger charge is -2.25. The number of fused-ring (bicyclic) bond motifs is 1. The molecule has 2 aromatic carbocycles. The Balaban J connectivity index is 2.04. The molecule has 0 amide bonds. The van der Waals surface area contributed by atoms with E-state index in [1.54, 1.807) is 7.11 Å². The van der Waals surface area contributed by atoms with Crippen molar-refractivity contribution in [3.8, 4) is 5.75 Å².